The first-order valence-corrected chi connectivity index (χ1v) is 20.1. The predicted octanol–water partition coefficient (Wildman–Crippen LogP) is -20.2. The molecule has 0 aromatic heterocycles. The van der Waals surface area contributed by atoms with E-state index in [9.17, 15) is 0 Å². The Hall–Kier alpha value is 0.667. The van der Waals surface area contributed by atoms with Crippen molar-refractivity contribution in [2.45, 2.75) is 13.1 Å². The maximum Gasteiger partial charge on any atom is 2.00 e. The molecule has 2 aliphatic rings. The molecule has 54 heavy (non-hydrogen) atoms. The van der Waals surface area contributed by atoms with Gasteiger partial charge in [-0.05, 0) is 11.1 Å². The van der Waals surface area contributed by atoms with Gasteiger partial charge in [-0.2, -0.15) is 0 Å². The molecule has 0 spiro atoms. The van der Waals surface area contributed by atoms with E-state index < -0.39 is 41.0 Å². The number of hydrogen-bond donors (Lipinski definition) is 6. The molecular weight excluding hydrogens is 929 g/mol. The fourth-order valence-electron chi connectivity index (χ4n) is 4.21. The molecule has 0 atom stereocenters. The van der Waals surface area contributed by atoms with E-state index >= 15 is 0 Å². The number of halogens is 4. The van der Waals surface area contributed by atoms with E-state index in [1.165, 1.54) is 11.1 Å². The third kappa shape index (κ3) is 64.6. The van der Waals surface area contributed by atoms with Gasteiger partial charge in [-0.1, -0.05) is 24.3 Å². The molecule has 310 valence electrons. The molecule has 2 saturated heterocycles. The van der Waals surface area contributed by atoms with Crippen LogP contribution in [-0.2, 0) is 52.0 Å². The second kappa shape index (κ2) is 35.6. The molecule has 0 saturated carbocycles. The smallest absolute Gasteiger partial charge is 0.314 e. The molecule has 24 nitrogen and oxygen atoms in total. The third-order valence-corrected chi connectivity index (χ3v) is 6.17. The van der Waals surface area contributed by atoms with Crippen LogP contribution in [0.2, 0.25) is 0 Å². The summed E-state index contributed by atoms with van der Waals surface area (Å²) in [6.45, 7) is 18.9. The van der Waals surface area contributed by atoms with Crippen molar-refractivity contribution < 1.29 is 154 Å². The Bertz CT molecular complexity index is 830. The molecule has 0 unspecified atom stereocenters. The van der Waals surface area contributed by atoms with Crippen molar-refractivity contribution >= 4 is 0 Å². The van der Waals surface area contributed by atoms with Crippen molar-refractivity contribution in [3.05, 3.63) is 35.4 Å². The maximum atomic E-state index is 8.49. The first-order chi connectivity index (χ1) is 23.9. The second-order valence-electron chi connectivity index (χ2n) is 10.4. The molecule has 2 fully saturated rings. The van der Waals surface area contributed by atoms with Gasteiger partial charge in [0.2, 0.25) is 0 Å². The third-order valence-electron chi connectivity index (χ3n) is 6.17. The normalized spacial score (nSPS) is 17.9. The minimum Gasteiger partial charge on any atom is -0.314 e. The summed E-state index contributed by atoms with van der Waals surface area (Å²) in [6, 6.07) is 9.31. The Kier molecular flexibility index (Phi) is 40.4. The standard InChI is InChI=1S/C24H46N8.4ClHO4.2Zn/c1-2-24(22-32-19-15-29-11-7-26-8-12-30-16-20-32)4-3-23(1)21-31-17-13-27-9-5-25-6-10-28-14-18-31;4*2-1(3,4)5;;/h1-4,25-30H,5-22H2;4*(H,2,3,4,5);;/q;;;;;2*+2/p-4. The number of nitrogens with one attached hydrogen (secondary N) is 6. The van der Waals surface area contributed by atoms with Gasteiger partial charge in [-0.15, -0.1) is 41.0 Å². The predicted molar refractivity (Wildman–Crippen MR) is 134 cm³/mol. The fourth-order valence-corrected chi connectivity index (χ4v) is 4.21. The molecule has 3 rings (SSSR count). The molecule has 2 heterocycles. The number of nitrogens with zero attached hydrogens (tertiary/aromatic N) is 2. The Balaban J connectivity index is -0.000000468. The summed E-state index contributed by atoms with van der Waals surface area (Å²) in [7, 11) is -19.8. The van der Waals surface area contributed by atoms with Crippen molar-refractivity contribution in [1.82, 2.24) is 41.7 Å². The van der Waals surface area contributed by atoms with Crippen LogP contribution in [0.5, 0.6) is 0 Å². The topological polar surface area (TPSA) is 448 Å². The van der Waals surface area contributed by atoms with Crippen molar-refractivity contribution in [3.8, 4) is 0 Å². The summed E-state index contributed by atoms with van der Waals surface area (Å²) < 4.78 is 136. The summed E-state index contributed by atoms with van der Waals surface area (Å²) in [4.78, 5) is 5.12. The van der Waals surface area contributed by atoms with Crippen molar-refractivity contribution in [2.75, 3.05) is 105 Å². The monoisotopic (exact) mass is 970 g/mol. The van der Waals surface area contributed by atoms with Crippen molar-refractivity contribution in [2.24, 2.45) is 0 Å². The molecule has 0 bridgehead atoms. The fraction of sp³-hybridized carbons (Fsp3) is 0.750. The molecule has 6 N–H and O–H groups in total. The van der Waals surface area contributed by atoms with Crippen LogP contribution in [0, 0.1) is 41.0 Å². The van der Waals surface area contributed by atoms with Gasteiger partial charge in [-0.25, -0.2) is 74.5 Å². The van der Waals surface area contributed by atoms with Crippen LogP contribution in [0.25, 0.3) is 0 Å². The van der Waals surface area contributed by atoms with Gasteiger partial charge in [-0.3, -0.25) is 9.80 Å². The average Bonchev–Trinajstić information content (AvgIpc) is 2.93. The van der Waals surface area contributed by atoms with E-state index in [0.717, 1.165) is 118 Å². The van der Waals surface area contributed by atoms with Crippen LogP contribution in [-0.4, -0.2) is 115 Å². The molecule has 30 heteroatoms. The van der Waals surface area contributed by atoms with Crippen LogP contribution < -0.4 is 106 Å². The molecule has 1 aromatic rings. The summed E-state index contributed by atoms with van der Waals surface area (Å²) in [5, 5.41) is 21.1. The van der Waals surface area contributed by atoms with Gasteiger partial charge < -0.3 is 31.9 Å². The van der Waals surface area contributed by atoms with Crippen LogP contribution in [0.4, 0.5) is 0 Å². The van der Waals surface area contributed by atoms with Crippen LogP contribution in [0.1, 0.15) is 11.1 Å². The molecule has 0 aliphatic carbocycles. The van der Waals surface area contributed by atoms with Gasteiger partial charge in [0, 0.05) is 118 Å². The van der Waals surface area contributed by atoms with Gasteiger partial charge in [0.25, 0.3) is 0 Å². The van der Waals surface area contributed by atoms with Crippen molar-refractivity contribution in [3.63, 3.8) is 0 Å². The minimum absolute atomic E-state index is 0. The number of rotatable bonds is 4. The summed E-state index contributed by atoms with van der Waals surface area (Å²) in [5.41, 5.74) is 2.82. The summed E-state index contributed by atoms with van der Waals surface area (Å²) >= 11 is 0. The summed E-state index contributed by atoms with van der Waals surface area (Å²) in [6.07, 6.45) is 0. The van der Waals surface area contributed by atoms with E-state index in [0.29, 0.717) is 0 Å². The largest absolute Gasteiger partial charge is 2.00 e. The van der Waals surface area contributed by atoms with E-state index in [4.69, 9.17) is 74.5 Å². The SMILES string of the molecule is [O-][Cl+3]([O-])([O-])[O-].[O-][Cl+3]([O-])([O-])[O-].[O-][Cl+3]([O-])([O-])[O-].[O-][Cl+3]([O-])([O-])[O-].[Zn+2].[Zn+2].c1cc(CN2CCNCCNCCNCC2)ccc1CN1CCNCCNCCNCC1. The van der Waals surface area contributed by atoms with E-state index in [1.807, 2.05) is 0 Å². The van der Waals surface area contributed by atoms with E-state index in [1.54, 1.807) is 0 Å². The van der Waals surface area contributed by atoms with Crippen molar-refractivity contribution in [1.29, 1.82) is 0 Å². The second-order valence-corrected chi connectivity index (χ2v) is 13.4. The zero-order chi connectivity index (χ0) is 40.1. The van der Waals surface area contributed by atoms with Gasteiger partial charge >= 0.3 is 39.0 Å². The first kappa shape index (κ1) is 61.3. The maximum absolute atomic E-state index is 8.49. The van der Waals surface area contributed by atoms with E-state index in [-0.39, 0.29) is 39.0 Å². The Morgan fingerprint density at radius 3 is 0.648 bits per heavy atom. The number of benzene rings is 1. The molecule has 1 aromatic carbocycles. The van der Waals surface area contributed by atoms with Crippen LogP contribution in [0.15, 0.2) is 24.3 Å². The van der Waals surface area contributed by atoms with Gasteiger partial charge in [0.1, 0.15) is 0 Å². The Morgan fingerprint density at radius 1 is 0.333 bits per heavy atom. The quantitative estimate of drug-likeness (QED) is 0.153. The summed E-state index contributed by atoms with van der Waals surface area (Å²) in [5.74, 6) is 0. The Labute approximate surface area is 347 Å². The zero-order valence-corrected chi connectivity index (χ0v) is 38.3. The number of hydrogen-bond acceptors (Lipinski definition) is 24. The van der Waals surface area contributed by atoms with E-state index in [2.05, 4.69) is 66.0 Å². The van der Waals surface area contributed by atoms with Crippen LogP contribution >= 0.6 is 0 Å². The molecular formula is C24H46Cl4N8O16Zn2. The zero-order valence-electron chi connectivity index (χ0n) is 29.4. The van der Waals surface area contributed by atoms with Gasteiger partial charge in [0.05, 0.1) is 0 Å². The molecule has 2 aliphatic heterocycles. The molecule has 0 radical (unpaired) electrons. The Morgan fingerprint density at radius 2 is 0.481 bits per heavy atom. The first-order valence-electron chi connectivity index (χ1n) is 15.1. The van der Waals surface area contributed by atoms with Gasteiger partial charge in [0.15, 0.2) is 0 Å². The van der Waals surface area contributed by atoms with Crippen LogP contribution in [0.3, 0.4) is 0 Å². The molecule has 0 amide bonds. The minimum atomic E-state index is -4.94. The average molecular weight is 975 g/mol.